The molecule has 0 aromatic rings. The summed E-state index contributed by atoms with van der Waals surface area (Å²) in [5, 5.41) is 2.51. The highest BCUT2D eigenvalue weighted by molar-refractivity contribution is 5.77. The van der Waals surface area contributed by atoms with Gasteiger partial charge in [0, 0.05) is 0 Å². The summed E-state index contributed by atoms with van der Waals surface area (Å²) in [5.74, 6) is -1.44. The van der Waals surface area contributed by atoms with Crippen LogP contribution >= 0.6 is 0 Å². The van der Waals surface area contributed by atoms with Crippen LogP contribution in [0.15, 0.2) is 5.11 Å². The SMILES string of the molecule is COC(=O)COC(=O)CN=[N-]. The van der Waals surface area contributed by atoms with Gasteiger partial charge < -0.3 is 20.1 Å². The lowest BCUT2D eigenvalue weighted by Gasteiger charge is -2.00. The van der Waals surface area contributed by atoms with Crippen LogP contribution < -0.4 is 0 Å². The summed E-state index contributed by atoms with van der Waals surface area (Å²) in [6.45, 7) is -0.929. The molecule has 0 aliphatic carbocycles. The largest absolute Gasteiger partial charge is 0.711 e. The highest BCUT2D eigenvalue weighted by atomic mass is 16.6. The summed E-state index contributed by atoms with van der Waals surface area (Å²) in [7, 11) is 1.17. The molecule has 0 aliphatic rings. The van der Waals surface area contributed by atoms with Gasteiger partial charge in [-0.05, 0) is 0 Å². The van der Waals surface area contributed by atoms with Crippen molar-refractivity contribution in [3.05, 3.63) is 5.53 Å². The van der Waals surface area contributed by atoms with Crippen LogP contribution in [0.4, 0.5) is 0 Å². The second kappa shape index (κ2) is 5.33. The zero-order chi connectivity index (χ0) is 8.69. The molecule has 0 spiro atoms. The lowest BCUT2D eigenvalue weighted by atomic mass is 10.6. The molecule has 0 rings (SSSR count). The van der Waals surface area contributed by atoms with Crippen LogP contribution in [-0.2, 0) is 19.1 Å². The molecule has 0 atom stereocenters. The van der Waals surface area contributed by atoms with Gasteiger partial charge in [0.15, 0.2) is 6.61 Å². The van der Waals surface area contributed by atoms with Gasteiger partial charge in [0.25, 0.3) is 0 Å². The van der Waals surface area contributed by atoms with E-state index >= 15 is 0 Å². The average Bonchev–Trinajstić information content (AvgIpc) is 2.01. The van der Waals surface area contributed by atoms with Crippen LogP contribution in [0, 0.1) is 0 Å². The number of carbonyl (C=O) groups is 2. The number of methoxy groups -OCH3 is 1. The fourth-order valence-corrected chi connectivity index (χ4v) is 0.302. The van der Waals surface area contributed by atoms with E-state index in [2.05, 4.69) is 14.6 Å². The number of nitrogens with zero attached hydrogens (tertiary/aromatic N) is 2. The van der Waals surface area contributed by atoms with Crippen LogP contribution in [0.5, 0.6) is 0 Å². The average molecular weight is 159 g/mol. The van der Waals surface area contributed by atoms with Gasteiger partial charge in [-0.2, -0.15) is 0 Å². The van der Waals surface area contributed by atoms with Gasteiger partial charge in [0.1, 0.15) is 6.54 Å². The van der Waals surface area contributed by atoms with Crippen molar-refractivity contribution in [2.24, 2.45) is 5.11 Å². The fourth-order valence-electron chi connectivity index (χ4n) is 0.302. The summed E-state index contributed by atoms with van der Waals surface area (Å²) in [6.07, 6.45) is 0. The number of ether oxygens (including phenoxy) is 2. The molecular formula is C5H7N2O4-. The molecule has 6 nitrogen and oxygen atoms in total. The van der Waals surface area contributed by atoms with Gasteiger partial charge in [-0.15, -0.1) is 0 Å². The third kappa shape index (κ3) is 5.01. The summed E-state index contributed by atoms with van der Waals surface area (Å²) < 4.78 is 8.44. The van der Waals surface area contributed by atoms with Crippen molar-refractivity contribution in [1.29, 1.82) is 0 Å². The lowest BCUT2D eigenvalue weighted by Crippen LogP contribution is -2.16. The summed E-state index contributed by atoms with van der Waals surface area (Å²) >= 11 is 0. The Morgan fingerprint density at radius 1 is 1.45 bits per heavy atom. The first-order valence-corrected chi connectivity index (χ1v) is 2.74. The Bertz CT molecular complexity index is 168. The predicted molar refractivity (Wildman–Crippen MR) is 33.6 cm³/mol. The molecule has 0 heterocycles. The van der Waals surface area contributed by atoms with E-state index in [1.807, 2.05) is 0 Å². The van der Waals surface area contributed by atoms with E-state index in [-0.39, 0.29) is 0 Å². The Morgan fingerprint density at radius 2 is 2.09 bits per heavy atom. The molecular weight excluding hydrogens is 152 g/mol. The molecule has 0 unspecified atom stereocenters. The quantitative estimate of drug-likeness (QED) is 0.417. The van der Waals surface area contributed by atoms with Crippen molar-refractivity contribution in [2.75, 3.05) is 20.3 Å². The fraction of sp³-hybridized carbons (Fsp3) is 0.600. The summed E-state index contributed by atoms with van der Waals surface area (Å²) in [5.41, 5.74) is 7.87. The highest BCUT2D eigenvalue weighted by Gasteiger charge is 2.04. The Labute approximate surface area is 63.0 Å². The van der Waals surface area contributed by atoms with E-state index in [1.165, 1.54) is 7.11 Å². The van der Waals surface area contributed by atoms with Gasteiger partial charge in [-0.25, -0.2) is 4.79 Å². The molecule has 11 heavy (non-hydrogen) atoms. The molecule has 62 valence electrons. The lowest BCUT2D eigenvalue weighted by molar-refractivity contribution is -0.156. The number of hydrogen-bond acceptors (Lipinski definition) is 5. The molecule has 6 heteroatoms. The van der Waals surface area contributed by atoms with Crippen LogP contribution in [0.3, 0.4) is 0 Å². The van der Waals surface area contributed by atoms with Gasteiger partial charge in [-0.3, -0.25) is 4.79 Å². The molecule has 0 aromatic heterocycles. The van der Waals surface area contributed by atoms with Gasteiger partial charge in [-0.1, -0.05) is 0 Å². The third-order valence-electron chi connectivity index (χ3n) is 0.778. The molecule has 0 aromatic carbocycles. The normalized spacial score (nSPS) is 8.45. The Balaban J connectivity index is 3.45. The first-order chi connectivity index (χ1) is 5.20. The molecule has 0 amide bonds. The Kier molecular flexibility index (Phi) is 4.63. The molecule has 0 bridgehead atoms. The third-order valence-corrected chi connectivity index (χ3v) is 0.778. The van der Waals surface area contributed by atoms with Gasteiger partial charge in [0.05, 0.1) is 7.11 Å². The van der Waals surface area contributed by atoms with E-state index in [0.29, 0.717) is 0 Å². The van der Waals surface area contributed by atoms with E-state index in [0.717, 1.165) is 0 Å². The predicted octanol–water partition coefficient (Wildman–Crippen LogP) is -0.276. The first kappa shape index (κ1) is 9.54. The van der Waals surface area contributed by atoms with Crippen molar-refractivity contribution in [2.45, 2.75) is 0 Å². The first-order valence-electron chi connectivity index (χ1n) is 2.74. The monoisotopic (exact) mass is 159 g/mol. The van der Waals surface area contributed by atoms with Crippen LogP contribution in [-0.4, -0.2) is 32.2 Å². The minimum atomic E-state index is -0.780. The molecule has 0 aliphatic heterocycles. The van der Waals surface area contributed by atoms with E-state index in [1.54, 1.807) is 0 Å². The van der Waals surface area contributed by atoms with E-state index in [4.69, 9.17) is 5.53 Å². The smallest absolute Gasteiger partial charge is 0.344 e. The zero-order valence-corrected chi connectivity index (χ0v) is 5.94. The minimum absolute atomic E-state index is 0.454. The molecule has 0 fully saturated rings. The second-order valence-electron chi connectivity index (χ2n) is 1.54. The van der Waals surface area contributed by atoms with Crippen LogP contribution in [0.2, 0.25) is 0 Å². The standard InChI is InChI=1S/C5H7N2O4/c1-10-5(9)3-11-4(8)2-7-6/h2-3H2,1H3/q-1. The van der Waals surface area contributed by atoms with Gasteiger partial charge >= 0.3 is 11.9 Å². The van der Waals surface area contributed by atoms with Crippen LogP contribution in [0.1, 0.15) is 0 Å². The number of carbonyl (C=O) groups excluding carboxylic acids is 2. The zero-order valence-electron chi connectivity index (χ0n) is 5.94. The van der Waals surface area contributed by atoms with Crippen molar-refractivity contribution < 1.29 is 19.1 Å². The van der Waals surface area contributed by atoms with E-state index < -0.39 is 25.1 Å². The van der Waals surface area contributed by atoms with Crippen molar-refractivity contribution in [3.63, 3.8) is 0 Å². The summed E-state index contributed by atoms with van der Waals surface area (Å²) in [6, 6.07) is 0. The Hall–Kier alpha value is -1.46. The maximum absolute atomic E-state index is 10.4. The summed E-state index contributed by atoms with van der Waals surface area (Å²) in [4.78, 5) is 20.7. The number of hydrogen-bond donors (Lipinski definition) is 0. The van der Waals surface area contributed by atoms with Crippen molar-refractivity contribution in [3.8, 4) is 0 Å². The maximum Gasteiger partial charge on any atom is 0.344 e. The second-order valence-corrected chi connectivity index (χ2v) is 1.54. The molecule has 0 saturated heterocycles. The number of rotatable bonds is 4. The van der Waals surface area contributed by atoms with Gasteiger partial charge in [0.2, 0.25) is 0 Å². The molecule has 0 radical (unpaired) electrons. The maximum atomic E-state index is 10.4. The Morgan fingerprint density at radius 3 is 2.55 bits per heavy atom. The highest BCUT2D eigenvalue weighted by Crippen LogP contribution is 1.81. The van der Waals surface area contributed by atoms with E-state index in [9.17, 15) is 9.59 Å². The molecule has 0 N–H and O–H groups in total. The minimum Gasteiger partial charge on any atom is -0.711 e. The van der Waals surface area contributed by atoms with Crippen molar-refractivity contribution in [1.82, 2.24) is 0 Å². The van der Waals surface area contributed by atoms with Crippen molar-refractivity contribution >= 4 is 11.9 Å². The number of esters is 2. The van der Waals surface area contributed by atoms with Crippen LogP contribution in [0.25, 0.3) is 5.53 Å². The topological polar surface area (TPSA) is 87.3 Å². The molecule has 0 saturated carbocycles.